The van der Waals surface area contributed by atoms with Crippen LogP contribution in [0.5, 0.6) is 0 Å². The highest BCUT2D eigenvalue weighted by atomic mass is 32.2. The standard InChI is InChI=1S/C13H26O4S2/c1-9(2)12(3,4)8-13(5,6)17-19-11(15)16-10(18)7-14/h9,11,14-15H,7-8H2,1-6H3. The molecule has 2 N–H and O–H groups in total. The van der Waals surface area contributed by atoms with E-state index in [9.17, 15) is 5.11 Å². The van der Waals surface area contributed by atoms with Crippen molar-refractivity contribution in [1.29, 1.82) is 0 Å². The van der Waals surface area contributed by atoms with Crippen molar-refractivity contribution in [2.45, 2.75) is 59.2 Å². The maximum atomic E-state index is 9.54. The van der Waals surface area contributed by atoms with Crippen LogP contribution in [0.3, 0.4) is 0 Å². The van der Waals surface area contributed by atoms with Crippen molar-refractivity contribution in [1.82, 2.24) is 0 Å². The monoisotopic (exact) mass is 310 g/mol. The Kier molecular flexibility index (Phi) is 7.83. The zero-order valence-electron chi connectivity index (χ0n) is 12.6. The van der Waals surface area contributed by atoms with Crippen molar-refractivity contribution in [2.75, 3.05) is 6.61 Å². The van der Waals surface area contributed by atoms with Gasteiger partial charge < -0.3 is 19.1 Å². The largest absolute Gasteiger partial charge is 0.444 e. The van der Waals surface area contributed by atoms with Crippen LogP contribution in [0.15, 0.2) is 0 Å². The van der Waals surface area contributed by atoms with E-state index in [1.54, 1.807) is 0 Å². The minimum Gasteiger partial charge on any atom is -0.444 e. The minimum atomic E-state index is -1.22. The first-order chi connectivity index (χ1) is 8.50. The van der Waals surface area contributed by atoms with Crippen molar-refractivity contribution in [3.8, 4) is 0 Å². The normalized spacial score (nSPS) is 14.6. The Balaban J connectivity index is 4.27. The summed E-state index contributed by atoms with van der Waals surface area (Å²) >= 11 is 5.47. The number of ether oxygens (including phenoxy) is 1. The number of rotatable bonds is 8. The average molecular weight is 310 g/mol. The maximum absolute atomic E-state index is 9.54. The molecule has 0 radical (unpaired) electrons. The predicted octanol–water partition coefficient (Wildman–Crippen LogP) is 3.11. The highest BCUT2D eigenvalue weighted by Crippen LogP contribution is 2.38. The first-order valence-corrected chi connectivity index (χ1v) is 7.54. The molecule has 0 amide bonds. The quantitative estimate of drug-likeness (QED) is 0.408. The summed E-state index contributed by atoms with van der Waals surface area (Å²) in [5, 5.41) is 18.2. The van der Waals surface area contributed by atoms with Gasteiger partial charge in [0.05, 0.1) is 17.6 Å². The number of hydrogen-bond acceptors (Lipinski definition) is 6. The third-order valence-corrected chi connectivity index (χ3v) is 4.20. The van der Waals surface area contributed by atoms with E-state index >= 15 is 0 Å². The molecular weight excluding hydrogens is 284 g/mol. The Morgan fingerprint density at radius 3 is 2.21 bits per heavy atom. The molecule has 19 heavy (non-hydrogen) atoms. The van der Waals surface area contributed by atoms with E-state index in [1.807, 2.05) is 13.8 Å². The summed E-state index contributed by atoms with van der Waals surface area (Å²) in [4.78, 5) is 0. The molecular formula is C13H26O4S2. The molecule has 114 valence electrons. The van der Waals surface area contributed by atoms with Gasteiger partial charge >= 0.3 is 0 Å². The van der Waals surface area contributed by atoms with E-state index in [0.717, 1.165) is 18.5 Å². The topological polar surface area (TPSA) is 58.9 Å². The van der Waals surface area contributed by atoms with Crippen LogP contribution in [-0.4, -0.2) is 33.1 Å². The summed E-state index contributed by atoms with van der Waals surface area (Å²) in [5.74, 6) is 0.531. The lowest BCUT2D eigenvalue weighted by Crippen LogP contribution is -2.33. The highest BCUT2D eigenvalue weighted by molar-refractivity contribution is 7.95. The van der Waals surface area contributed by atoms with Gasteiger partial charge in [0.2, 0.25) is 0 Å². The van der Waals surface area contributed by atoms with Gasteiger partial charge in [0.15, 0.2) is 5.05 Å². The molecule has 6 heteroatoms. The van der Waals surface area contributed by atoms with Crippen LogP contribution in [0.2, 0.25) is 0 Å². The van der Waals surface area contributed by atoms with E-state index in [4.69, 9.17) is 14.0 Å². The van der Waals surface area contributed by atoms with Crippen molar-refractivity contribution < 1.29 is 19.1 Å². The van der Waals surface area contributed by atoms with Gasteiger partial charge in [-0.15, -0.1) is 0 Å². The Hall–Kier alpha value is 0.120. The summed E-state index contributed by atoms with van der Waals surface area (Å²) in [7, 11) is 0. The molecule has 0 aliphatic carbocycles. The third-order valence-electron chi connectivity index (χ3n) is 3.16. The molecule has 0 aromatic heterocycles. The van der Waals surface area contributed by atoms with Crippen molar-refractivity contribution in [3.05, 3.63) is 0 Å². The van der Waals surface area contributed by atoms with Gasteiger partial charge in [-0.1, -0.05) is 27.7 Å². The molecule has 0 spiro atoms. The molecule has 0 fully saturated rings. The van der Waals surface area contributed by atoms with Crippen molar-refractivity contribution >= 4 is 29.3 Å². The number of aliphatic hydroxyl groups is 2. The first kappa shape index (κ1) is 19.1. The molecule has 0 saturated carbocycles. The second-order valence-electron chi connectivity index (χ2n) is 6.21. The molecule has 1 unspecified atom stereocenters. The van der Waals surface area contributed by atoms with Gasteiger partial charge in [-0.05, 0) is 43.8 Å². The van der Waals surface area contributed by atoms with Crippen molar-refractivity contribution in [3.63, 3.8) is 0 Å². The zero-order chi connectivity index (χ0) is 15.3. The molecule has 0 aliphatic rings. The van der Waals surface area contributed by atoms with E-state index < -0.39 is 17.8 Å². The Bertz CT molecular complexity index is 290. The van der Waals surface area contributed by atoms with E-state index in [0.29, 0.717) is 5.92 Å². The molecule has 0 rings (SSSR count). The summed E-state index contributed by atoms with van der Waals surface area (Å²) in [6.07, 6.45) is 0.849. The Morgan fingerprint density at radius 2 is 1.79 bits per heavy atom. The molecule has 0 bridgehead atoms. The number of aliphatic hydroxyl groups excluding tert-OH is 2. The van der Waals surface area contributed by atoms with Crippen LogP contribution in [0.1, 0.15) is 48.0 Å². The molecule has 0 aliphatic heterocycles. The number of thiocarbonyl (C=S) groups is 1. The van der Waals surface area contributed by atoms with Crippen LogP contribution in [0.4, 0.5) is 0 Å². The summed E-state index contributed by atoms with van der Waals surface area (Å²) < 4.78 is 10.5. The fourth-order valence-corrected chi connectivity index (χ4v) is 2.38. The lowest BCUT2D eigenvalue weighted by molar-refractivity contribution is 0.0180. The zero-order valence-corrected chi connectivity index (χ0v) is 14.2. The van der Waals surface area contributed by atoms with Crippen LogP contribution >= 0.6 is 24.3 Å². The Labute approximate surface area is 126 Å². The second-order valence-corrected chi connectivity index (χ2v) is 7.43. The summed E-state index contributed by atoms with van der Waals surface area (Å²) in [6, 6.07) is 0. The minimum absolute atomic E-state index is 0.0519. The average Bonchev–Trinajstić information content (AvgIpc) is 2.24. The number of hydrogen-bond donors (Lipinski definition) is 2. The van der Waals surface area contributed by atoms with E-state index in [2.05, 4.69) is 39.9 Å². The van der Waals surface area contributed by atoms with Gasteiger partial charge in [-0.3, -0.25) is 0 Å². The smallest absolute Gasteiger partial charge is 0.272 e. The van der Waals surface area contributed by atoms with Crippen molar-refractivity contribution in [2.24, 2.45) is 11.3 Å². The van der Waals surface area contributed by atoms with Crippen LogP contribution in [-0.2, 0) is 8.92 Å². The Morgan fingerprint density at radius 1 is 1.26 bits per heavy atom. The molecule has 1 atom stereocenters. The van der Waals surface area contributed by atoms with Gasteiger partial charge in [0, 0.05) is 0 Å². The van der Waals surface area contributed by atoms with E-state index in [-0.39, 0.29) is 10.5 Å². The van der Waals surface area contributed by atoms with Gasteiger partial charge in [-0.25, -0.2) is 0 Å². The molecule has 0 aromatic rings. The van der Waals surface area contributed by atoms with Gasteiger partial charge in [0.1, 0.15) is 6.61 Å². The van der Waals surface area contributed by atoms with Gasteiger partial charge in [0.25, 0.3) is 5.62 Å². The van der Waals surface area contributed by atoms with Crippen LogP contribution in [0.25, 0.3) is 0 Å². The van der Waals surface area contributed by atoms with E-state index in [1.165, 1.54) is 0 Å². The predicted molar refractivity (Wildman–Crippen MR) is 82.8 cm³/mol. The first-order valence-electron chi connectivity index (χ1n) is 6.33. The highest BCUT2D eigenvalue weighted by Gasteiger charge is 2.33. The molecule has 0 saturated heterocycles. The van der Waals surface area contributed by atoms with Crippen LogP contribution in [0, 0.1) is 11.3 Å². The summed E-state index contributed by atoms with van der Waals surface area (Å²) in [6.45, 7) is 12.3. The molecule has 0 heterocycles. The summed E-state index contributed by atoms with van der Waals surface area (Å²) in [5.41, 5.74) is -1.49. The molecule has 4 nitrogen and oxygen atoms in total. The fraction of sp³-hybridized carbons (Fsp3) is 0.923. The fourth-order valence-electron chi connectivity index (χ4n) is 1.67. The lowest BCUT2D eigenvalue weighted by atomic mass is 9.74. The SMILES string of the molecule is CC(C)C(C)(C)CC(C)(C)OSC(O)OC(=S)CO. The third kappa shape index (κ3) is 8.09. The lowest BCUT2D eigenvalue weighted by Gasteiger charge is -2.37. The second kappa shape index (κ2) is 7.78. The van der Waals surface area contributed by atoms with Gasteiger partial charge in [-0.2, -0.15) is 0 Å². The maximum Gasteiger partial charge on any atom is 0.272 e. The molecule has 0 aromatic carbocycles. The van der Waals surface area contributed by atoms with Crippen LogP contribution < -0.4 is 0 Å².